The van der Waals surface area contributed by atoms with Crippen LogP contribution in [0.15, 0.2) is 48.5 Å². The molecule has 0 bridgehead atoms. The van der Waals surface area contributed by atoms with Crippen LogP contribution in [-0.4, -0.2) is 39.1 Å². The van der Waals surface area contributed by atoms with Gasteiger partial charge in [-0.1, -0.05) is 30.3 Å². The third kappa shape index (κ3) is 5.59. The predicted molar refractivity (Wildman–Crippen MR) is 137 cm³/mol. The van der Waals surface area contributed by atoms with E-state index in [0.29, 0.717) is 29.5 Å². The molecule has 0 aliphatic heterocycles. The van der Waals surface area contributed by atoms with Crippen LogP contribution in [0.4, 0.5) is 0 Å². The fourth-order valence-corrected chi connectivity index (χ4v) is 5.03. The van der Waals surface area contributed by atoms with Crippen LogP contribution in [0, 0.1) is 5.92 Å². The van der Waals surface area contributed by atoms with E-state index < -0.39 is 0 Å². The number of rotatable bonds is 8. The number of nitrogens with one attached hydrogen (secondary N) is 1. The summed E-state index contributed by atoms with van der Waals surface area (Å²) in [6, 6.07) is 16.6. The van der Waals surface area contributed by atoms with Crippen molar-refractivity contribution >= 4 is 22.5 Å². The minimum atomic E-state index is 0.00404. The molecule has 0 spiro atoms. The molecular weight excluding hydrogens is 442 g/mol. The van der Waals surface area contributed by atoms with Gasteiger partial charge in [0.2, 0.25) is 11.7 Å². The Bertz CT molecular complexity index is 1200. The van der Waals surface area contributed by atoms with E-state index >= 15 is 0 Å². The van der Waals surface area contributed by atoms with E-state index in [0.717, 1.165) is 53.1 Å². The van der Waals surface area contributed by atoms with Crippen LogP contribution in [0.2, 0.25) is 0 Å². The highest BCUT2D eigenvalue weighted by Gasteiger charge is 2.26. The maximum absolute atomic E-state index is 12.9. The number of hydrogen-bond acceptors (Lipinski definition) is 5. The Kier molecular flexibility index (Phi) is 7.59. The van der Waals surface area contributed by atoms with E-state index in [9.17, 15) is 9.59 Å². The van der Waals surface area contributed by atoms with Crippen molar-refractivity contribution in [2.45, 2.75) is 45.1 Å². The first kappa shape index (κ1) is 24.6. The van der Waals surface area contributed by atoms with Crippen LogP contribution in [-0.2, 0) is 16.0 Å². The SMILES string of the molecule is COc1cc(-c2ccc3cc(CC(=O)C4CCC(NC(C)=O)CC4)ccc3c2)cc(OC)c1OC. The van der Waals surface area contributed by atoms with Crippen LogP contribution >= 0.6 is 0 Å². The molecule has 0 atom stereocenters. The van der Waals surface area contributed by atoms with Crippen molar-refractivity contribution in [1.82, 2.24) is 5.32 Å². The molecule has 3 aromatic carbocycles. The molecule has 35 heavy (non-hydrogen) atoms. The zero-order valence-corrected chi connectivity index (χ0v) is 20.9. The summed E-state index contributed by atoms with van der Waals surface area (Å²) in [6.07, 6.45) is 3.87. The van der Waals surface area contributed by atoms with Crippen molar-refractivity contribution in [3.8, 4) is 28.4 Å². The average Bonchev–Trinajstić information content (AvgIpc) is 2.87. The summed E-state index contributed by atoms with van der Waals surface area (Å²) in [6.45, 7) is 1.55. The maximum atomic E-state index is 12.9. The Hall–Kier alpha value is -3.54. The molecule has 0 unspecified atom stereocenters. The van der Waals surface area contributed by atoms with Gasteiger partial charge in [0, 0.05) is 25.3 Å². The van der Waals surface area contributed by atoms with Crippen LogP contribution in [0.5, 0.6) is 17.2 Å². The van der Waals surface area contributed by atoms with Crippen molar-refractivity contribution in [3.63, 3.8) is 0 Å². The minimum Gasteiger partial charge on any atom is -0.493 e. The fourth-order valence-electron chi connectivity index (χ4n) is 5.03. The van der Waals surface area contributed by atoms with Crippen molar-refractivity contribution in [1.29, 1.82) is 0 Å². The summed E-state index contributed by atoms with van der Waals surface area (Å²) in [7, 11) is 4.81. The number of carbonyl (C=O) groups is 2. The summed E-state index contributed by atoms with van der Waals surface area (Å²) in [5, 5.41) is 5.17. The normalized spacial score (nSPS) is 17.6. The van der Waals surface area contributed by atoms with Gasteiger partial charge in [-0.25, -0.2) is 0 Å². The largest absolute Gasteiger partial charge is 0.493 e. The van der Waals surface area contributed by atoms with E-state index in [-0.39, 0.29) is 17.9 Å². The second-order valence-electron chi connectivity index (χ2n) is 9.20. The van der Waals surface area contributed by atoms with Crippen LogP contribution in [0.1, 0.15) is 38.2 Å². The van der Waals surface area contributed by atoms with Gasteiger partial charge in [0.15, 0.2) is 11.5 Å². The molecule has 184 valence electrons. The first-order valence-electron chi connectivity index (χ1n) is 12.0. The van der Waals surface area contributed by atoms with Gasteiger partial charge in [0.05, 0.1) is 21.3 Å². The summed E-state index contributed by atoms with van der Waals surface area (Å²) in [4.78, 5) is 24.2. The standard InChI is InChI=1S/C29H33NO5/c1-18(31)30-25-11-9-20(10-12-25)26(32)14-19-5-6-22-15-23(8-7-21(22)13-19)24-16-27(33-2)29(35-4)28(17-24)34-3/h5-8,13,15-17,20,25H,9-12,14H2,1-4H3,(H,30,31). The number of amides is 1. The Morgan fingerprint density at radius 2 is 1.43 bits per heavy atom. The molecule has 0 radical (unpaired) electrons. The first-order chi connectivity index (χ1) is 16.9. The lowest BCUT2D eigenvalue weighted by atomic mass is 9.81. The molecule has 6 nitrogen and oxygen atoms in total. The second kappa shape index (κ2) is 10.8. The van der Waals surface area contributed by atoms with Gasteiger partial charge in [-0.15, -0.1) is 0 Å². The van der Waals surface area contributed by atoms with Gasteiger partial charge in [-0.3, -0.25) is 9.59 Å². The smallest absolute Gasteiger partial charge is 0.217 e. The number of ketones is 1. The number of Topliss-reactive ketones (excluding diaryl/α,β-unsaturated/α-hetero) is 1. The Balaban J connectivity index is 1.49. The molecule has 1 aliphatic carbocycles. The van der Waals surface area contributed by atoms with E-state index in [4.69, 9.17) is 14.2 Å². The number of methoxy groups -OCH3 is 3. The third-order valence-corrected chi connectivity index (χ3v) is 6.87. The van der Waals surface area contributed by atoms with Crippen LogP contribution in [0.3, 0.4) is 0 Å². The molecule has 0 aromatic heterocycles. The number of carbonyl (C=O) groups excluding carboxylic acids is 2. The summed E-state index contributed by atoms with van der Waals surface area (Å²) in [5.74, 6) is 2.17. The number of ether oxygens (including phenoxy) is 3. The van der Waals surface area contributed by atoms with E-state index in [1.54, 1.807) is 28.3 Å². The van der Waals surface area contributed by atoms with Gasteiger partial charge in [0.25, 0.3) is 0 Å². The highest BCUT2D eigenvalue weighted by Crippen LogP contribution is 2.41. The van der Waals surface area contributed by atoms with E-state index in [2.05, 4.69) is 35.6 Å². The van der Waals surface area contributed by atoms with Gasteiger partial charge < -0.3 is 19.5 Å². The van der Waals surface area contributed by atoms with Crippen molar-refractivity contribution in [2.24, 2.45) is 5.92 Å². The summed E-state index contributed by atoms with van der Waals surface area (Å²) >= 11 is 0. The highest BCUT2D eigenvalue weighted by atomic mass is 16.5. The Morgan fingerprint density at radius 3 is 2.03 bits per heavy atom. The monoisotopic (exact) mass is 475 g/mol. The highest BCUT2D eigenvalue weighted by molar-refractivity contribution is 5.90. The number of fused-ring (bicyclic) bond motifs is 1. The number of benzene rings is 3. The molecule has 1 N–H and O–H groups in total. The Morgan fingerprint density at radius 1 is 0.800 bits per heavy atom. The van der Waals surface area contributed by atoms with Gasteiger partial charge in [-0.05, 0) is 71.3 Å². The van der Waals surface area contributed by atoms with Crippen molar-refractivity contribution in [2.75, 3.05) is 21.3 Å². The molecule has 1 amide bonds. The third-order valence-electron chi connectivity index (χ3n) is 6.87. The van der Waals surface area contributed by atoms with Crippen molar-refractivity contribution in [3.05, 3.63) is 54.1 Å². The molecule has 3 aromatic rings. The summed E-state index contributed by atoms with van der Waals surface area (Å²) < 4.78 is 16.4. The minimum absolute atomic E-state index is 0.00404. The fraction of sp³-hybridized carbons (Fsp3) is 0.379. The second-order valence-corrected chi connectivity index (χ2v) is 9.20. The number of hydrogen-bond donors (Lipinski definition) is 1. The zero-order chi connectivity index (χ0) is 24.9. The van der Waals surface area contributed by atoms with Gasteiger partial charge >= 0.3 is 0 Å². The predicted octanol–water partition coefficient (Wildman–Crippen LogP) is 5.34. The van der Waals surface area contributed by atoms with Crippen LogP contribution < -0.4 is 19.5 Å². The lowest BCUT2D eigenvalue weighted by Crippen LogP contribution is -2.37. The average molecular weight is 476 g/mol. The molecular formula is C29H33NO5. The topological polar surface area (TPSA) is 73.9 Å². The van der Waals surface area contributed by atoms with E-state index in [1.165, 1.54) is 0 Å². The molecule has 6 heteroatoms. The molecule has 0 saturated heterocycles. The Labute approximate surface area is 206 Å². The molecule has 4 rings (SSSR count). The molecule has 1 saturated carbocycles. The van der Waals surface area contributed by atoms with Gasteiger partial charge in [-0.2, -0.15) is 0 Å². The zero-order valence-electron chi connectivity index (χ0n) is 20.9. The van der Waals surface area contributed by atoms with E-state index in [1.807, 2.05) is 18.2 Å². The quantitative estimate of drug-likeness (QED) is 0.476. The van der Waals surface area contributed by atoms with Crippen molar-refractivity contribution < 1.29 is 23.8 Å². The maximum Gasteiger partial charge on any atom is 0.217 e. The molecule has 1 aliphatic rings. The molecule has 0 heterocycles. The lowest BCUT2D eigenvalue weighted by Gasteiger charge is -2.28. The summed E-state index contributed by atoms with van der Waals surface area (Å²) in [5.41, 5.74) is 3.04. The first-order valence-corrected chi connectivity index (χ1v) is 12.0. The van der Waals surface area contributed by atoms with Gasteiger partial charge in [0.1, 0.15) is 5.78 Å². The molecule has 1 fully saturated rings. The van der Waals surface area contributed by atoms with Crippen LogP contribution in [0.25, 0.3) is 21.9 Å². The lowest BCUT2D eigenvalue weighted by molar-refractivity contribution is -0.123.